The van der Waals surface area contributed by atoms with E-state index in [0.29, 0.717) is 24.5 Å². The Kier molecular flexibility index (Phi) is 5.75. The highest BCUT2D eigenvalue weighted by molar-refractivity contribution is 6.30. The van der Waals surface area contributed by atoms with Gasteiger partial charge in [-0.1, -0.05) is 23.7 Å². The number of nitrogens with one attached hydrogen (secondary N) is 1. The van der Waals surface area contributed by atoms with Gasteiger partial charge in [-0.05, 0) is 45.4 Å². The van der Waals surface area contributed by atoms with E-state index in [1.165, 1.54) is 0 Å². The first-order valence-electron chi connectivity index (χ1n) is 8.17. The fraction of sp³-hybridized carbons (Fsp3) is 0.556. The van der Waals surface area contributed by atoms with E-state index in [-0.39, 0.29) is 24.0 Å². The number of amides is 2. The van der Waals surface area contributed by atoms with Crippen LogP contribution in [0.5, 0.6) is 0 Å². The summed E-state index contributed by atoms with van der Waals surface area (Å²) >= 11 is 5.87. The quantitative estimate of drug-likeness (QED) is 0.897. The molecule has 0 radical (unpaired) electrons. The van der Waals surface area contributed by atoms with Crippen molar-refractivity contribution in [3.05, 3.63) is 34.9 Å². The van der Waals surface area contributed by atoms with Gasteiger partial charge in [-0.15, -0.1) is 0 Å². The molecule has 1 N–H and O–H groups in total. The van der Waals surface area contributed by atoms with E-state index in [1.54, 1.807) is 4.90 Å². The summed E-state index contributed by atoms with van der Waals surface area (Å²) in [6, 6.07) is 7.35. The van der Waals surface area contributed by atoms with Gasteiger partial charge in [0.15, 0.2) is 0 Å². The SMILES string of the molecule is C[C@@H](NC(=O)CC1CN(C(=O)OC(C)(C)C)C1)c1ccc(Cl)cc1. The lowest BCUT2D eigenvalue weighted by Gasteiger charge is -2.39. The summed E-state index contributed by atoms with van der Waals surface area (Å²) in [5.41, 5.74) is 0.518. The molecule has 1 aliphatic rings. The zero-order valence-electron chi connectivity index (χ0n) is 14.6. The van der Waals surface area contributed by atoms with Crippen LogP contribution in [-0.4, -0.2) is 35.6 Å². The predicted octanol–water partition coefficient (Wildman–Crippen LogP) is 3.77. The van der Waals surface area contributed by atoms with Crippen molar-refractivity contribution >= 4 is 23.6 Å². The highest BCUT2D eigenvalue weighted by Crippen LogP contribution is 2.23. The first-order chi connectivity index (χ1) is 11.1. The fourth-order valence-corrected chi connectivity index (χ4v) is 2.70. The van der Waals surface area contributed by atoms with Gasteiger partial charge in [0, 0.05) is 30.5 Å². The maximum Gasteiger partial charge on any atom is 0.410 e. The Labute approximate surface area is 148 Å². The van der Waals surface area contributed by atoms with E-state index in [4.69, 9.17) is 16.3 Å². The molecule has 0 bridgehead atoms. The van der Waals surface area contributed by atoms with Gasteiger partial charge in [0.1, 0.15) is 5.60 Å². The van der Waals surface area contributed by atoms with Crippen LogP contribution in [0, 0.1) is 5.92 Å². The van der Waals surface area contributed by atoms with Crippen LogP contribution >= 0.6 is 11.6 Å². The number of ether oxygens (including phenoxy) is 1. The molecule has 5 nitrogen and oxygen atoms in total. The summed E-state index contributed by atoms with van der Waals surface area (Å²) in [6.07, 6.45) is 0.103. The molecule has 1 atom stereocenters. The van der Waals surface area contributed by atoms with Crippen LogP contribution in [0.3, 0.4) is 0 Å². The highest BCUT2D eigenvalue weighted by Gasteiger charge is 2.34. The van der Waals surface area contributed by atoms with Gasteiger partial charge in [0.25, 0.3) is 0 Å². The lowest BCUT2D eigenvalue weighted by Crippen LogP contribution is -2.52. The van der Waals surface area contributed by atoms with Crippen molar-refractivity contribution in [1.29, 1.82) is 0 Å². The number of nitrogens with zero attached hydrogens (tertiary/aromatic N) is 1. The van der Waals surface area contributed by atoms with Crippen LogP contribution < -0.4 is 5.32 Å². The minimum absolute atomic E-state index is 0.00807. The molecule has 1 saturated heterocycles. The van der Waals surface area contributed by atoms with E-state index < -0.39 is 5.60 Å². The molecule has 2 rings (SSSR count). The molecule has 1 aromatic rings. The summed E-state index contributed by atoms with van der Waals surface area (Å²) in [4.78, 5) is 25.6. The van der Waals surface area contributed by atoms with Crippen LogP contribution in [0.15, 0.2) is 24.3 Å². The lowest BCUT2D eigenvalue weighted by molar-refractivity contribution is -0.124. The molecular weight excluding hydrogens is 328 g/mol. The van der Waals surface area contributed by atoms with Crippen molar-refractivity contribution in [3.8, 4) is 0 Å². The first kappa shape index (κ1) is 18.6. The maximum atomic E-state index is 12.1. The number of likely N-dealkylation sites (tertiary alicyclic amines) is 1. The Hall–Kier alpha value is -1.75. The van der Waals surface area contributed by atoms with Crippen molar-refractivity contribution in [1.82, 2.24) is 10.2 Å². The van der Waals surface area contributed by atoms with Crippen molar-refractivity contribution in [3.63, 3.8) is 0 Å². The molecule has 0 aromatic heterocycles. The number of halogens is 1. The number of rotatable bonds is 4. The second kappa shape index (κ2) is 7.43. The van der Waals surface area contributed by atoms with Crippen molar-refractivity contribution in [2.75, 3.05) is 13.1 Å². The number of hydrogen-bond donors (Lipinski definition) is 1. The number of hydrogen-bond acceptors (Lipinski definition) is 3. The molecule has 2 amide bonds. The Balaban J connectivity index is 1.73. The molecule has 24 heavy (non-hydrogen) atoms. The smallest absolute Gasteiger partial charge is 0.410 e. The number of carbonyl (C=O) groups excluding carboxylic acids is 2. The van der Waals surface area contributed by atoms with Crippen molar-refractivity contribution in [2.24, 2.45) is 5.92 Å². The van der Waals surface area contributed by atoms with Crippen LogP contribution in [0.1, 0.15) is 45.7 Å². The van der Waals surface area contributed by atoms with Crippen molar-refractivity contribution in [2.45, 2.75) is 45.8 Å². The van der Waals surface area contributed by atoms with Gasteiger partial charge >= 0.3 is 6.09 Å². The Morgan fingerprint density at radius 1 is 1.29 bits per heavy atom. The Bertz CT molecular complexity index is 589. The third-order valence-corrected chi connectivity index (χ3v) is 4.08. The van der Waals surface area contributed by atoms with Crippen LogP contribution in [0.2, 0.25) is 5.02 Å². The molecule has 0 aliphatic carbocycles. The molecular formula is C18H25ClN2O3. The average molecular weight is 353 g/mol. The van der Waals surface area contributed by atoms with E-state index in [1.807, 2.05) is 52.0 Å². The van der Waals surface area contributed by atoms with E-state index >= 15 is 0 Å². The maximum absolute atomic E-state index is 12.1. The summed E-state index contributed by atoms with van der Waals surface area (Å²) in [5, 5.41) is 3.66. The monoisotopic (exact) mass is 352 g/mol. The third-order valence-electron chi connectivity index (χ3n) is 3.83. The topological polar surface area (TPSA) is 58.6 Å². The molecule has 1 heterocycles. The Morgan fingerprint density at radius 3 is 2.42 bits per heavy atom. The largest absolute Gasteiger partial charge is 0.444 e. The molecule has 0 unspecified atom stereocenters. The summed E-state index contributed by atoms with van der Waals surface area (Å²) in [6.45, 7) is 8.60. The van der Waals surface area contributed by atoms with Gasteiger partial charge in [-0.25, -0.2) is 4.79 Å². The average Bonchev–Trinajstić information content (AvgIpc) is 2.40. The number of carbonyl (C=O) groups is 2. The van der Waals surface area contributed by atoms with Crippen LogP contribution in [0.25, 0.3) is 0 Å². The summed E-state index contributed by atoms with van der Waals surface area (Å²) in [5.74, 6) is 0.182. The van der Waals surface area contributed by atoms with Gasteiger partial charge in [0.2, 0.25) is 5.91 Å². The lowest BCUT2D eigenvalue weighted by atomic mass is 9.96. The minimum Gasteiger partial charge on any atom is -0.444 e. The molecule has 1 aromatic carbocycles. The van der Waals surface area contributed by atoms with E-state index in [0.717, 1.165) is 5.56 Å². The van der Waals surface area contributed by atoms with Crippen LogP contribution in [-0.2, 0) is 9.53 Å². The zero-order chi connectivity index (χ0) is 17.9. The standard InChI is InChI=1S/C18H25ClN2O3/c1-12(14-5-7-15(19)8-6-14)20-16(22)9-13-10-21(11-13)17(23)24-18(2,3)4/h5-8,12-13H,9-11H2,1-4H3,(H,20,22)/t12-/m1/s1. The molecule has 0 spiro atoms. The summed E-state index contributed by atoms with van der Waals surface area (Å²) < 4.78 is 5.30. The first-order valence-corrected chi connectivity index (χ1v) is 8.54. The normalized spacial score (nSPS) is 16.3. The number of benzene rings is 1. The van der Waals surface area contributed by atoms with Gasteiger partial charge in [0.05, 0.1) is 6.04 Å². The highest BCUT2D eigenvalue weighted by atomic mass is 35.5. The van der Waals surface area contributed by atoms with Crippen LogP contribution in [0.4, 0.5) is 4.79 Å². The van der Waals surface area contributed by atoms with Gasteiger partial charge in [-0.2, -0.15) is 0 Å². The van der Waals surface area contributed by atoms with E-state index in [9.17, 15) is 9.59 Å². The minimum atomic E-state index is -0.493. The molecule has 0 saturated carbocycles. The molecule has 1 aliphatic heterocycles. The second-order valence-corrected chi connectivity index (χ2v) is 7.73. The fourth-order valence-electron chi connectivity index (χ4n) is 2.57. The zero-order valence-corrected chi connectivity index (χ0v) is 15.4. The summed E-state index contributed by atoms with van der Waals surface area (Å²) in [7, 11) is 0. The molecule has 6 heteroatoms. The molecule has 1 fully saturated rings. The predicted molar refractivity (Wildman–Crippen MR) is 93.9 cm³/mol. The van der Waals surface area contributed by atoms with E-state index in [2.05, 4.69) is 5.32 Å². The molecule has 132 valence electrons. The Morgan fingerprint density at radius 2 is 1.88 bits per heavy atom. The van der Waals surface area contributed by atoms with Gasteiger partial charge < -0.3 is 15.0 Å². The second-order valence-electron chi connectivity index (χ2n) is 7.30. The van der Waals surface area contributed by atoms with Gasteiger partial charge in [-0.3, -0.25) is 4.79 Å². The third kappa shape index (κ3) is 5.41. The van der Waals surface area contributed by atoms with Crippen molar-refractivity contribution < 1.29 is 14.3 Å².